The summed E-state index contributed by atoms with van der Waals surface area (Å²) in [6.07, 6.45) is 7.09. The Labute approximate surface area is 175 Å². The first-order valence-electron chi connectivity index (χ1n) is 10.7. The predicted octanol–water partition coefficient (Wildman–Crippen LogP) is 5.20. The molecule has 1 heterocycles. The molecule has 0 saturated heterocycles. The van der Waals surface area contributed by atoms with E-state index in [0.29, 0.717) is 29.2 Å². The molecule has 1 saturated carbocycles. The van der Waals surface area contributed by atoms with Crippen LogP contribution in [0.15, 0.2) is 42.5 Å². The topological polar surface area (TPSA) is 49.4 Å². The molecule has 0 radical (unpaired) electrons. The van der Waals surface area contributed by atoms with Crippen LogP contribution in [0.25, 0.3) is 0 Å². The number of carbonyl (C=O) groups is 2. The van der Waals surface area contributed by atoms with E-state index >= 15 is 0 Å². The Kier molecular flexibility index (Phi) is 6.11. The predicted molar refractivity (Wildman–Crippen MR) is 111 cm³/mol. The zero-order valence-corrected chi connectivity index (χ0v) is 16.9. The zero-order valence-electron chi connectivity index (χ0n) is 16.9. The summed E-state index contributed by atoms with van der Waals surface area (Å²) in [6.45, 7) is -0.123. The second-order valence-electron chi connectivity index (χ2n) is 8.30. The summed E-state index contributed by atoms with van der Waals surface area (Å²) < 4.78 is 27.7. The summed E-state index contributed by atoms with van der Waals surface area (Å²) in [7, 11) is 0. The summed E-state index contributed by atoms with van der Waals surface area (Å²) in [6, 6.07) is 9.29. The van der Waals surface area contributed by atoms with E-state index in [1.807, 2.05) is 0 Å². The summed E-state index contributed by atoms with van der Waals surface area (Å²) >= 11 is 0. The Hall–Kier alpha value is -2.76. The number of hydrogen-bond donors (Lipinski definition) is 1. The van der Waals surface area contributed by atoms with Crippen LogP contribution in [0.4, 0.5) is 14.5 Å². The van der Waals surface area contributed by atoms with Crippen molar-refractivity contribution in [2.45, 2.75) is 51.0 Å². The molecule has 1 aliphatic carbocycles. The SMILES string of the molecule is O=C1CN(C(=O)CCC2CCCCC2)C(c2ccc(F)cc2)c2cc(F)ccc2N1. The van der Waals surface area contributed by atoms with Gasteiger partial charge >= 0.3 is 0 Å². The number of halogens is 2. The number of hydrogen-bond acceptors (Lipinski definition) is 2. The molecule has 1 fully saturated rings. The standard InChI is InChI=1S/C24H26F2N2O2/c25-18-9-7-17(8-10-18)24-20-14-19(26)11-12-21(20)27-22(29)15-28(24)23(30)13-6-16-4-2-1-3-5-16/h7-12,14,16,24H,1-6,13,15H2,(H,27,29). The molecule has 1 aliphatic heterocycles. The molecule has 0 bridgehead atoms. The number of benzene rings is 2. The van der Waals surface area contributed by atoms with Gasteiger partial charge in [0.1, 0.15) is 18.2 Å². The van der Waals surface area contributed by atoms with Gasteiger partial charge in [0.25, 0.3) is 0 Å². The number of fused-ring (bicyclic) bond motifs is 1. The molecule has 2 aromatic carbocycles. The number of anilines is 1. The molecule has 30 heavy (non-hydrogen) atoms. The van der Waals surface area contributed by atoms with Gasteiger partial charge in [0.05, 0.1) is 6.04 Å². The summed E-state index contributed by atoms with van der Waals surface area (Å²) in [5.41, 5.74) is 1.61. The van der Waals surface area contributed by atoms with Crippen LogP contribution >= 0.6 is 0 Å². The van der Waals surface area contributed by atoms with Crippen molar-refractivity contribution in [3.05, 3.63) is 65.2 Å². The molecule has 158 valence electrons. The maximum Gasteiger partial charge on any atom is 0.244 e. The van der Waals surface area contributed by atoms with E-state index in [9.17, 15) is 18.4 Å². The quantitative estimate of drug-likeness (QED) is 0.751. The van der Waals surface area contributed by atoms with Gasteiger partial charge in [-0.2, -0.15) is 0 Å². The second kappa shape index (κ2) is 8.94. The van der Waals surface area contributed by atoms with Crippen LogP contribution < -0.4 is 5.32 Å². The smallest absolute Gasteiger partial charge is 0.244 e. The van der Waals surface area contributed by atoms with Gasteiger partial charge < -0.3 is 10.2 Å². The fraction of sp³-hybridized carbons (Fsp3) is 0.417. The van der Waals surface area contributed by atoms with Crippen molar-refractivity contribution in [2.24, 2.45) is 5.92 Å². The lowest BCUT2D eigenvalue weighted by molar-refractivity contribution is -0.136. The molecule has 0 aromatic heterocycles. The highest BCUT2D eigenvalue weighted by molar-refractivity contribution is 5.97. The summed E-state index contributed by atoms with van der Waals surface area (Å²) in [4.78, 5) is 27.3. The molecular weight excluding hydrogens is 386 g/mol. The van der Waals surface area contributed by atoms with Gasteiger partial charge in [0, 0.05) is 17.7 Å². The number of amides is 2. The van der Waals surface area contributed by atoms with Crippen molar-refractivity contribution >= 4 is 17.5 Å². The van der Waals surface area contributed by atoms with Gasteiger partial charge in [0.2, 0.25) is 11.8 Å². The lowest BCUT2D eigenvalue weighted by Crippen LogP contribution is -2.39. The number of nitrogens with zero attached hydrogens (tertiary/aromatic N) is 1. The highest BCUT2D eigenvalue weighted by Gasteiger charge is 2.33. The van der Waals surface area contributed by atoms with E-state index < -0.39 is 17.7 Å². The Balaban J connectivity index is 1.67. The van der Waals surface area contributed by atoms with Crippen molar-refractivity contribution in [3.8, 4) is 0 Å². The maximum absolute atomic E-state index is 14.1. The minimum Gasteiger partial charge on any atom is -0.324 e. The zero-order chi connectivity index (χ0) is 21.1. The molecular formula is C24H26F2N2O2. The van der Waals surface area contributed by atoms with E-state index in [-0.39, 0.29) is 18.4 Å². The van der Waals surface area contributed by atoms with Crippen molar-refractivity contribution in [2.75, 3.05) is 11.9 Å². The number of nitrogens with one attached hydrogen (secondary N) is 1. The van der Waals surface area contributed by atoms with Crippen molar-refractivity contribution < 1.29 is 18.4 Å². The first-order chi connectivity index (χ1) is 14.5. The van der Waals surface area contributed by atoms with Crippen LogP contribution in [0.1, 0.15) is 62.1 Å². The van der Waals surface area contributed by atoms with E-state index in [4.69, 9.17) is 0 Å². The lowest BCUT2D eigenvalue weighted by Gasteiger charge is -2.31. The third-order valence-corrected chi connectivity index (χ3v) is 6.21. The van der Waals surface area contributed by atoms with E-state index in [2.05, 4.69) is 5.32 Å². The normalized spacial score (nSPS) is 19.7. The van der Waals surface area contributed by atoms with Crippen LogP contribution in [0.2, 0.25) is 0 Å². The van der Waals surface area contributed by atoms with Crippen LogP contribution in [-0.4, -0.2) is 23.3 Å². The Morgan fingerprint density at radius 2 is 1.70 bits per heavy atom. The van der Waals surface area contributed by atoms with Gasteiger partial charge in [-0.15, -0.1) is 0 Å². The molecule has 1 atom stereocenters. The Morgan fingerprint density at radius 1 is 1.00 bits per heavy atom. The monoisotopic (exact) mass is 412 g/mol. The first kappa shape index (κ1) is 20.5. The molecule has 2 amide bonds. The lowest BCUT2D eigenvalue weighted by atomic mass is 9.86. The van der Waals surface area contributed by atoms with E-state index in [0.717, 1.165) is 19.3 Å². The van der Waals surface area contributed by atoms with E-state index in [1.54, 1.807) is 12.1 Å². The molecule has 4 nitrogen and oxygen atoms in total. The average Bonchev–Trinajstić information content (AvgIpc) is 2.89. The molecule has 0 spiro atoms. The van der Waals surface area contributed by atoms with Crippen molar-refractivity contribution in [1.29, 1.82) is 0 Å². The third-order valence-electron chi connectivity index (χ3n) is 6.21. The van der Waals surface area contributed by atoms with Crippen LogP contribution in [0.3, 0.4) is 0 Å². The minimum atomic E-state index is -0.658. The van der Waals surface area contributed by atoms with Gasteiger partial charge in [0.15, 0.2) is 0 Å². The fourth-order valence-electron chi connectivity index (χ4n) is 4.66. The first-order valence-corrected chi connectivity index (χ1v) is 10.7. The molecule has 2 aromatic rings. The molecule has 4 rings (SSSR count). The summed E-state index contributed by atoms with van der Waals surface area (Å²) in [5.74, 6) is -0.763. The fourth-order valence-corrected chi connectivity index (χ4v) is 4.66. The van der Waals surface area contributed by atoms with Gasteiger partial charge in [-0.1, -0.05) is 44.2 Å². The van der Waals surface area contributed by atoms with E-state index in [1.165, 1.54) is 54.5 Å². The van der Waals surface area contributed by atoms with Crippen molar-refractivity contribution in [3.63, 3.8) is 0 Å². The highest BCUT2D eigenvalue weighted by Crippen LogP contribution is 2.37. The largest absolute Gasteiger partial charge is 0.324 e. The Bertz CT molecular complexity index is 923. The minimum absolute atomic E-state index is 0.123. The second-order valence-corrected chi connectivity index (χ2v) is 8.30. The van der Waals surface area contributed by atoms with Gasteiger partial charge in [-0.05, 0) is 48.2 Å². The third kappa shape index (κ3) is 4.53. The van der Waals surface area contributed by atoms with Crippen LogP contribution in [0, 0.1) is 17.6 Å². The molecule has 2 aliphatic rings. The highest BCUT2D eigenvalue weighted by atomic mass is 19.1. The molecule has 6 heteroatoms. The molecule has 1 N–H and O–H groups in total. The number of carbonyl (C=O) groups excluding carboxylic acids is 2. The van der Waals surface area contributed by atoms with Gasteiger partial charge in [-0.3, -0.25) is 9.59 Å². The van der Waals surface area contributed by atoms with Crippen LogP contribution in [0.5, 0.6) is 0 Å². The van der Waals surface area contributed by atoms with Gasteiger partial charge in [-0.25, -0.2) is 8.78 Å². The number of rotatable bonds is 4. The summed E-state index contributed by atoms with van der Waals surface area (Å²) in [5, 5.41) is 2.78. The van der Waals surface area contributed by atoms with Crippen molar-refractivity contribution in [1.82, 2.24) is 4.90 Å². The average molecular weight is 412 g/mol. The maximum atomic E-state index is 14.1. The molecule has 1 unspecified atom stereocenters. The Morgan fingerprint density at radius 3 is 2.43 bits per heavy atom. The van der Waals surface area contributed by atoms with Crippen LogP contribution in [-0.2, 0) is 9.59 Å².